The van der Waals surface area contributed by atoms with Crippen molar-refractivity contribution in [2.24, 2.45) is 0 Å². The molecule has 0 unspecified atom stereocenters. The molecule has 0 radical (unpaired) electrons. The van der Waals surface area contributed by atoms with Gasteiger partial charge >= 0.3 is 0 Å². The minimum Gasteiger partial charge on any atom is -0.361 e. The fourth-order valence-electron chi connectivity index (χ4n) is 7.25. The highest BCUT2D eigenvalue weighted by Gasteiger charge is 2.40. The van der Waals surface area contributed by atoms with Gasteiger partial charge in [0.05, 0.1) is 9.79 Å². The Labute approximate surface area is 309 Å². The van der Waals surface area contributed by atoms with Gasteiger partial charge in [0.2, 0.25) is 20.0 Å². The van der Waals surface area contributed by atoms with Crippen LogP contribution in [0.15, 0.2) is 149 Å². The molecule has 52 heavy (non-hydrogen) atoms. The average Bonchev–Trinajstić information content (AvgIpc) is 3.16. The first-order valence-corrected chi connectivity index (χ1v) is 21.0. The summed E-state index contributed by atoms with van der Waals surface area (Å²) in [6.07, 6.45) is 3.83. The summed E-state index contributed by atoms with van der Waals surface area (Å²) in [5.41, 5.74) is 4.05. The van der Waals surface area contributed by atoms with E-state index in [0.29, 0.717) is 32.3 Å². The van der Waals surface area contributed by atoms with Gasteiger partial charge in [-0.15, -0.1) is 0 Å². The Morgan fingerprint density at radius 3 is 1.58 bits per heavy atom. The van der Waals surface area contributed by atoms with Gasteiger partial charge in [0.15, 0.2) is 0 Å². The largest absolute Gasteiger partial charge is 0.361 e. The Morgan fingerprint density at radius 1 is 0.615 bits per heavy atom. The average molecular weight is 737 g/mol. The van der Waals surface area contributed by atoms with Crippen LogP contribution in [0.4, 0.5) is 0 Å². The first kappa shape index (κ1) is 37.6. The van der Waals surface area contributed by atoms with Gasteiger partial charge < -0.3 is 4.74 Å². The summed E-state index contributed by atoms with van der Waals surface area (Å²) in [7, 11) is -7.84. The molecule has 272 valence electrons. The second-order valence-electron chi connectivity index (χ2n) is 13.7. The Morgan fingerprint density at radius 2 is 1.08 bits per heavy atom. The van der Waals surface area contributed by atoms with Crippen molar-refractivity contribution < 1.29 is 21.6 Å². The summed E-state index contributed by atoms with van der Waals surface area (Å²) in [6, 6.07) is 43.0. The lowest BCUT2D eigenvalue weighted by Gasteiger charge is -2.39. The van der Waals surface area contributed by atoms with Gasteiger partial charge in [0.1, 0.15) is 5.60 Å². The molecule has 6 rings (SSSR count). The number of nitrogens with zero attached hydrogens (tertiary/aromatic N) is 1. The molecule has 1 fully saturated rings. The van der Waals surface area contributed by atoms with Crippen molar-refractivity contribution >= 4 is 20.0 Å². The normalized spacial score (nSPS) is 16.9. The molecule has 0 amide bonds. The summed E-state index contributed by atoms with van der Waals surface area (Å²) in [4.78, 5) is 0.377. The predicted molar refractivity (Wildman–Crippen MR) is 207 cm³/mol. The lowest BCUT2D eigenvalue weighted by Crippen LogP contribution is -2.55. The predicted octanol–water partition coefficient (Wildman–Crippen LogP) is 8.37. The molecule has 0 bridgehead atoms. The third-order valence-corrected chi connectivity index (χ3v) is 13.4. The number of nitrogens with one attached hydrogen (secondary N) is 1. The van der Waals surface area contributed by atoms with Gasteiger partial charge in [0.25, 0.3) is 0 Å². The smallest absolute Gasteiger partial charge is 0.243 e. The molecule has 0 aromatic heterocycles. The standard InChI is InChI=1S/C43H48N2O5S2/c1-34-24-28-39(29-25-34)51(46,47)44-41-22-12-13-23-42(41)45(52(48,49)40-30-26-35(2)27-31-40)32-14-15-33-50-43(36-16-6-3-7-17-36,37-18-8-4-9-19-37)38-20-10-5-11-21-38/h3-11,16-21,24-31,41-42,44H,12-15,22-23,32-33H2,1-2H3/t41-,42-/m1/s1. The number of hydrogen-bond donors (Lipinski definition) is 1. The van der Waals surface area contributed by atoms with Crippen molar-refractivity contribution in [2.45, 2.75) is 79.8 Å². The van der Waals surface area contributed by atoms with Crippen molar-refractivity contribution in [1.82, 2.24) is 9.03 Å². The van der Waals surface area contributed by atoms with Crippen LogP contribution >= 0.6 is 0 Å². The molecule has 1 aliphatic carbocycles. The van der Waals surface area contributed by atoms with Crippen molar-refractivity contribution in [3.63, 3.8) is 0 Å². The molecule has 0 saturated heterocycles. The van der Waals surface area contributed by atoms with E-state index in [4.69, 9.17) is 4.74 Å². The van der Waals surface area contributed by atoms with Crippen LogP contribution in [0.1, 0.15) is 66.3 Å². The van der Waals surface area contributed by atoms with Crippen LogP contribution in [0.5, 0.6) is 0 Å². The summed E-state index contributed by atoms with van der Waals surface area (Å²) in [5.74, 6) is 0. The second kappa shape index (κ2) is 16.7. The lowest BCUT2D eigenvalue weighted by molar-refractivity contribution is 0.0101. The van der Waals surface area contributed by atoms with Gasteiger partial charge in [0, 0.05) is 25.2 Å². The number of rotatable bonds is 15. The fraction of sp³-hybridized carbons (Fsp3) is 0.302. The highest BCUT2D eigenvalue weighted by Crippen LogP contribution is 2.40. The molecule has 1 saturated carbocycles. The molecule has 7 nitrogen and oxygen atoms in total. The molecular formula is C43H48N2O5S2. The van der Waals surface area contributed by atoms with Crippen molar-refractivity contribution in [3.8, 4) is 0 Å². The molecule has 0 aliphatic heterocycles. The number of sulfonamides is 2. The lowest BCUT2D eigenvalue weighted by atomic mass is 9.80. The van der Waals surface area contributed by atoms with Crippen LogP contribution in [0, 0.1) is 13.8 Å². The maximum atomic E-state index is 14.5. The highest BCUT2D eigenvalue weighted by atomic mass is 32.2. The van der Waals surface area contributed by atoms with E-state index in [0.717, 1.165) is 40.7 Å². The third-order valence-electron chi connectivity index (χ3n) is 10.00. The monoisotopic (exact) mass is 736 g/mol. The Hall–Kier alpha value is -4.12. The topological polar surface area (TPSA) is 92.8 Å². The van der Waals surface area contributed by atoms with Gasteiger partial charge in [-0.1, -0.05) is 139 Å². The third kappa shape index (κ3) is 8.40. The zero-order valence-electron chi connectivity index (χ0n) is 29.9. The number of hydrogen-bond acceptors (Lipinski definition) is 5. The van der Waals surface area contributed by atoms with Crippen LogP contribution in [0.2, 0.25) is 0 Å². The number of unbranched alkanes of at least 4 members (excludes halogenated alkanes) is 1. The van der Waals surface area contributed by atoms with Crippen molar-refractivity contribution in [1.29, 1.82) is 0 Å². The Bertz CT molecular complexity index is 2000. The van der Waals surface area contributed by atoms with Gasteiger partial charge in [-0.2, -0.15) is 4.31 Å². The number of aryl methyl sites for hydroxylation is 2. The Balaban J connectivity index is 1.27. The van der Waals surface area contributed by atoms with E-state index in [1.807, 2.05) is 68.4 Å². The minimum absolute atomic E-state index is 0.172. The van der Waals surface area contributed by atoms with Crippen LogP contribution in [-0.4, -0.2) is 46.4 Å². The van der Waals surface area contributed by atoms with Crippen LogP contribution in [-0.2, 0) is 30.4 Å². The van der Waals surface area contributed by atoms with Crippen molar-refractivity contribution in [2.75, 3.05) is 13.2 Å². The molecular weight excluding hydrogens is 689 g/mol. The maximum absolute atomic E-state index is 14.5. The highest BCUT2D eigenvalue weighted by molar-refractivity contribution is 7.89. The zero-order chi connectivity index (χ0) is 36.6. The summed E-state index contributed by atoms with van der Waals surface area (Å²) < 4.78 is 67.5. The molecule has 0 heterocycles. The van der Waals surface area contributed by atoms with E-state index < -0.39 is 37.7 Å². The molecule has 9 heteroatoms. The second-order valence-corrected chi connectivity index (χ2v) is 17.3. The van der Waals surface area contributed by atoms with E-state index >= 15 is 0 Å². The van der Waals surface area contributed by atoms with E-state index in [1.165, 1.54) is 0 Å². The summed E-state index contributed by atoms with van der Waals surface area (Å²) >= 11 is 0. The first-order valence-electron chi connectivity index (χ1n) is 18.1. The zero-order valence-corrected chi connectivity index (χ0v) is 31.5. The van der Waals surface area contributed by atoms with Crippen LogP contribution < -0.4 is 4.72 Å². The van der Waals surface area contributed by atoms with Gasteiger partial charge in [-0.3, -0.25) is 0 Å². The van der Waals surface area contributed by atoms with E-state index in [2.05, 4.69) is 41.1 Å². The fourth-order valence-corrected chi connectivity index (χ4v) is 10.3. The minimum atomic E-state index is -3.96. The number of ether oxygens (including phenoxy) is 1. The molecule has 5 aromatic carbocycles. The van der Waals surface area contributed by atoms with Crippen LogP contribution in [0.25, 0.3) is 0 Å². The Kier molecular flexibility index (Phi) is 12.1. The molecule has 1 aliphatic rings. The maximum Gasteiger partial charge on any atom is 0.243 e. The molecule has 1 N–H and O–H groups in total. The number of benzene rings is 5. The SMILES string of the molecule is Cc1ccc(S(=O)(=O)N[C@@H]2CCCC[C@H]2N(CCCCOC(c2ccccc2)(c2ccccc2)c2ccccc2)S(=O)(=O)c2ccc(C)cc2)cc1. The molecule has 0 spiro atoms. The van der Waals surface area contributed by atoms with E-state index in [9.17, 15) is 16.8 Å². The molecule has 5 aromatic rings. The summed E-state index contributed by atoms with van der Waals surface area (Å²) in [6.45, 7) is 4.42. The van der Waals surface area contributed by atoms with E-state index in [1.54, 1.807) is 52.8 Å². The molecule has 2 atom stereocenters. The quantitative estimate of drug-likeness (QED) is 0.0862. The summed E-state index contributed by atoms with van der Waals surface area (Å²) in [5, 5.41) is 0. The first-order chi connectivity index (χ1) is 25.1. The van der Waals surface area contributed by atoms with Crippen LogP contribution in [0.3, 0.4) is 0 Å². The van der Waals surface area contributed by atoms with Gasteiger partial charge in [-0.05, 0) is 80.5 Å². The van der Waals surface area contributed by atoms with Crippen molar-refractivity contribution in [3.05, 3.63) is 167 Å². The van der Waals surface area contributed by atoms with E-state index in [-0.39, 0.29) is 16.3 Å². The van der Waals surface area contributed by atoms with Gasteiger partial charge in [-0.25, -0.2) is 21.6 Å².